The Morgan fingerprint density at radius 1 is 1.17 bits per heavy atom. The fourth-order valence-corrected chi connectivity index (χ4v) is 3.78. The fraction of sp³-hybridized carbons (Fsp3) is 0.579. The van der Waals surface area contributed by atoms with Gasteiger partial charge in [-0.25, -0.2) is 0 Å². The lowest BCUT2D eigenvalue weighted by Gasteiger charge is -2.34. The average molecular weight is 329 g/mol. The first kappa shape index (κ1) is 17.0. The normalized spacial score (nSPS) is 21.1. The van der Waals surface area contributed by atoms with E-state index in [9.17, 15) is 10.1 Å². The van der Waals surface area contributed by atoms with Gasteiger partial charge < -0.3 is 9.80 Å². The van der Waals surface area contributed by atoms with Crippen LogP contribution < -0.4 is 4.90 Å². The molecule has 5 nitrogen and oxygen atoms in total. The van der Waals surface area contributed by atoms with Crippen molar-refractivity contribution in [1.82, 2.24) is 4.90 Å². The van der Waals surface area contributed by atoms with Crippen LogP contribution in [0.3, 0.4) is 0 Å². The van der Waals surface area contributed by atoms with Gasteiger partial charge in [-0.05, 0) is 70.3 Å². The van der Waals surface area contributed by atoms with Crippen molar-refractivity contribution in [3.8, 4) is 0 Å². The molecule has 1 aliphatic carbocycles. The molecule has 1 aliphatic heterocycles. The van der Waals surface area contributed by atoms with E-state index in [1.807, 2.05) is 12.1 Å². The SMILES string of the molecule is O=[N+]([O-])c1ccc(N(CCCN2CCCC2)C2C=CCCC2)cc1. The van der Waals surface area contributed by atoms with Crippen LogP contribution in [0.2, 0.25) is 0 Å². The number of nitro groups is 1. The molecule has 0 saturated carbocycles. The quantitative estimate of drug-likeness (QED) is 0.431. The van der Waals surface area contributed by atoms with Crippen molar-refractivity contribution in [2.24, 2.45) is 0 Å². The molecule has 1 heterocycles. The van der Waals surface area contributed by atoms with E-state index in [0.29, 0.717) is 6.04 Å². The number of allylic oxidation sites excluding steroid dienone is 1. The summed E-state index contributed by atoms with van der Waals surface area (Å²) in [5, 5.41) is 10.9. The Bertz CT molecular complexity index is 564. The van der Waals surface area contributed by atoms with Gasteiger partial charge in [-0.1, -0.05) is 12.2 Å². The maximum absolute atomic E-state index is 10.9. The number of anilines is 1. The summed E-state index contributed by atoms with van der Waals surface area (Å²) in [5.41, 5.74) is 1.26. The van der Waals surface area contributed by atoms with Gasteiger partial charge in [0.2, 0.25) is 0 Å². The highest BCUT2D eigenvalue weighted by atomic mass is 16.6. The van der Waals surface area contributed by atoms with E-state index in [4.69, 9.17) is 0 Å². The van der Waals surface area contributed by atoms with E-state index in [-0.39, 0.29) is 10.6 Å². The molecule has 0 aromatic heterocycles. The molecule has 24 heavy (non-hydrogen) atoms. The van der Waals surface area contributed by atoms with Crippen LogP contribution >= 0.6 is 0 Å². The van der Waals surface area contributed by atoms with Crippen LogP contribution in [0, 0.1) is 10.1 Å². The van der Waals surface area contributed by atoms with Crippen LogP contribution in [0.1, 0.15) is 38.5 Å². The third-order valence-corrected chi connectivity index (χ3v) is 5.09. The molecule has 1 aromatic rings. The van der Waals surface area contributed by atoms with Gasteiger partial charge in [0.15, 0.2) is 0 Å². The van der Waals surface area contributed by atoms with Gasteiger partial charge in [0.05, 0.1) is 4.92 Å². The molecular weight excluding hydrogens is 302 g/mol. The molecule has 5 heteroatoms. The first-order valence-electron chi connectivity index (χ1n) is 9.14. The summed E-state index contributed by atoms with van der Waals surface area (Å²) < 4.78 is 0. The van der Waals surface area contributed by atoms with Crippen molar-refractivity contribution in [3.63, 3.8) is 0 Å². The minimum Gasteiger partial charge on any atom is -0.365 e. The van der Waals surface area contributed by atoms with Crippen LogP contribution in [0.25, 0.3) is 0 Å². The van der Waals surface area contributed by atoms with Crippen LogP contribution in [0.15, 0.2) is 36.4 Å². The number of rotatable bonds is 7. The van der Waals surface area contributed by atoms with Crippen molar-refractivity contribution in [3.05, 3.63) is 46.5 Å². The maximum Gasteiger partial charge on any atom is 0.269 e. The minimum absolute atomic E-state index is 0.162. The second kappa shape index (κ2) is 8.29. The van der Waals surface area contributed by atoms with Gasteiger partial charge in [-0.3, -0.25) is 10.1 Å². The molecule has 1 fully saturated rings. The van der Waals surface area contributed by atoms with E-state index in [2.05, 4.69) is 22.0 Å². The first-order chi connectivity index (χ1) is 11.7. The first-order valence-corrected chi connectivity index (χ1v) is 9.14. The van der Waals surface area contributed by atoms with Crippen LogP contribution in [0.5, 0.6) is 0 Å². The Labute approximate surface area is 144 Å². The Morgan fingerprint density at radius 3 is 2.54 bits per heavy atom. The molecule has 130 valence electrons. The number of hydrogen-bond acceptors (Lipinski definition) is 4. The summed E-state index contributed by atoms with van der Waals surface area (Å²) in [6, 6.07) is 7.45. The van der Waals surface area contributed by atoms with E-state index in [0.717, 1.165) is 31.6 Å². The zero-order valence-corrected chi connectivity index (χ0v) is 14.3. The molecule has 2 aliphatic rings. The second-order valence-electron chi connectivity index (χ2n) is 6.80. The highest BCUT2D eigenvalue weighted by Crippen LogP contribution is 2.26. The summed E-state index contributed by atoms with van der Waals surface area (Å²) in [6.45, 7) is 4.63. The van der Waals surface area contributed by atoms with Crippen LogP contribution in [0.4, 0.5) is 11.4 Å². The number of benzene rings is 1. The molecule has 1 aromatic carbocycles. The van der Waals surface area contributed by atoms with Crippen molar-refractivity contribution in [2.45, 2.75) is 44.6 Å². The lowest BCUT2D eigenvalue weighted by atomic mass is 10.0. The number of non-ortho nitro benzene ring substituents is 1. The third kappa shape index (κ3) is 4.35. The summed E-state index contributed by atoms with van der Waals surface area (Å²) in [7, 11) is 0. The monoisotopic (exact) mass is 329 g/mol. The number of nitro benzene ring substituents is 1. The van der Waals surface area contributed by atoms with Crippen molar-refractivity contribution in [1.29, 1.82) is 0 Å². The largest absolute Gasteiger partial charge is 0.365 e. The summed E-state index contributed by atoms with van der Waals surface area (Å²) in [4.78, 5) is 15.5. The topological polar surface area (TPSA) is 49.6 Å². The summed E-state index contributed by atoms with van der Waals surface area (Å²) in [5.74, 6) is 0. The van der Waals surface area contributed by atoms with E-state index in [1.165, 1.54) is 38.8 Å². The summed E-state index contributed by atoms with van der Waals surface area (Å²) in [6.07, 6.45) is 11.9. The molecule has 3 rings (SSSR count). The highest BCUT2D eigenvalue weighted by molar-refractivity contribution is 5.52. The third-order valence-electron chi connectivity index (χ3n) is 5.09. The summed E-state index contributed by atoms with van der Waals surface area (Å²) >= 11 is 0. The number of likely N-dealkylation sites (tertiary alicyclic amines) is 1. The van der Waals surface area contributed by atoms with Gasteiger partial charge >= 0.3 is 0 Å². The molecule has 0 radical (unpaired) electrons. The fourth-order valence-electron chi connectivity index (χ4n) is 3.78. The minimum atomic E-state index is -0.331. The average Bonchev–Trinajstić information content (AvgIpc) is 3.13. The molecule has 0 amide bonds. The number of nitrogens with zero attached hydrogens (tertiary/aromatic N) is 3. The Morgan fingerprint density at radius 2 is 1.92 bits per heavy atom. The molecule has 1 atom stereocenters. The van der Waals surface area contributed by atoms with Gasteiger partial charge in [0.25, 0.3) is 5.69 Å². The zero-order valence-electron chi connectivity index (χ0n) is 14.3. The van der Waals surface area contributed by atoms with E-state index < -0.39 is 0 Å². The smallest absolute Gasteiger partial charge is 0.269 e. The molecular formula is C19H27N3O2. The van der Waals surface area contributed by atoms with Crippen molar-refractivity contribution >= 4 is 11.4 Å². The molecule has 0 bridgehead atoms. The molecule has 1 unspecified atom stereocenters. The van der Waals surface area contributed by atoms with Crippen LogP contribution in [-0.2, 0) is 0 Å². The predicted molar refractivity (Wildman–Crippen MR) is 97.5 cm³/mol. The van der Waals surface area contributed by atoms with Gasteiger partial charge in [-0.15, -0.1) is 0 Å². The Kier molecular flexibility index (Phi) is 5.86. The highest BCUT2D eigenvalue weighted by Gasteiger charge is 2.20. The zero-order chi connectivity index (χ0) is 16.8. The second-order valence-corrected chi connectivity index (χ2v) is 6.80. The predicted octanol–water partition coefficient (Wildman–Crippen LogP) is 4.00. The molecule has 0 N–H and O–H groups in total. The number of hydrogen-bond donors (Lipinski definition) is 0. The van der Waals surface area contributed by atoms with Gasteiger partial charge in [0, 0.05) is 30.4 Å². The Hall–Kier alpha value is -1.88. The van der Waals surface area contributed by atoms with E-state index in [1.54, 1.807) is 12.1 Å². The Balaban J connectivity index is 1.67. The van der Waals surface area contributed by atoms with Crippen molar-refractivity contribution in [2.75, 3.05) is 31.1 Å². The van der Waals surface area contributed by atoms with Crippen LogP contribution in [-0.4, -0.2) is 42.0 Å². The molecule has 0 spiro atoms. The maximum atomic E-state index is 10.9. The van der Waals surface area contributed by atoms with Gasteiger partial charge in [0.1, 0.15) is 0 Å². The van der Waals surface area contributed by atoms with Gasteiger partial charge in [-0.2, -0.15) is 0 Å². The standard InChI is InChI=1S/C19H27N3O2/c23-22(24)19-11-9-18(10-12-19)21(17-7-2-1-3-8-17)16-6-15-20-13-4-5-14-20/h2,7,9-12,17H,1,3-6,8,13-16H2. The lowest BCUT2D eigenvalue weighted by Crippen LogP contribution is -2.37. The van der Waals surface area contributed by atoms with E-state index >= 15 is 0 Å². The molecule has 1 saturated heterocycles. The lowest BCUT2D eigenvalue weighted by molar-refractivity contribution is -0.384. The van der Waals surface area contributed by atoms with Crippen molar-refractivity contribution < 1.29 is 4.92 Å².